The average molecular weight is 249 g/mol. The molecule has 0 saturated carbocycles. The zero-order valence-electron chi connectivity index (χ0n) is 8.69. The number of ketones is 2. The molecule has 0 aromatic carbocycles. The van der Waals surface area contributed by atoms with Gasteiger partial charge in [-0.05, 0) is 19.8 Å². The van der Waals surface area contributed by atoms with Crippen molar-refractivity contribution in [2.45, 2.75) is 44.9 Å². The minimum Gasteiger partial charge on any atom is -0.299 e. The van der Waals surface area contributed by atoms with Crippen molar-refractivity contribution in [1.82, 2.24) is 0 Å². The molecule has 0 spiro atoms. The molecule has 0 fully saturated rings. The second kappa shape index (κ2) is 4.89. The first-order valence-electron chi connectivity index (χ1n) is 4.47. The van der Waals surface area contributed by atoms with Crippen LogP contribution in [0.25, 0.3) is 0 Å². The maximum Gasteiger partial charge on any atom is 0.156 e. The van der Waals surface area contributed by atoms with E-state index in [1.165, 1.54) is 0 Å². The summed E-state index contributed by atoms with van der Waals surface area (Å²) >= 11 is 3.24. The first-order valence-corrected chi connectivity index (χ1v) is 5.26. The third kappa shape index (κ3) is 5.97. The van der Waals surface area contributed by atoms with Crippen molar-refractivity contribution < 1.29 is 9.59 Å². The minimum atomic E-state index is -0.570. The highest BCUT2D eigenvalue weighted by Crippen LogP contribution is 2.19. The summed E-state index contributed by atoms with van der Waals surface area (Å²) in [6, 6.07) is 0. The summed E-state index contributed by atoms with van der Waals surface area (Å²) in [5.74, 6) is 0.324. The SMILES string of the molecule is CC(C)CC(=O)CC(=O)C(C)(C)Br. The Morgan fingerprint density at radius 3 is 2.08 bits per heavy atom. The third-order valence-electron chi connectivity index (χ3n) is 1.66. The highest BCUT2D eigenvalue weighted by Gasteiger charge is 2.25. The fraction of sp³-hybridized carbons (Fsp3) is 0.800. The molecule has 0 radical (unpaired) electrons. The van der Waals surface area contributed by atoms with Crippen LogP contribution in [0.15, 0.2) is 0 Å². The van der Waals surface area contributed by atoms with E-state index in [0.29, 0.717) is 12.3 Å². The lowest BCUT2D eigenvalue weighted by Crippen LogP contribution is -2.26. The highest BCUT2D eigenvalue weighted by molar-refractivity contribution is 9.10. The second-order valence-corrected chi connectivity index (χ2v) is 6.19. The Morgan fingerprint density at radius 2 is 1.77 bits per heavy atom. The van der Waals surface area contributed by atoms with E-state index in [-0.39, 0.29) is 18.0 Å². The molecular weight excluding hydrogens is 232 g/mol. The lowest BCUT2D eigenvalue weighted by atomic mass is 9.99. The molecule has 0 amide bonds. The molecule has 0 unspecified atom stereocenters. The van der Waals surface area contributed by atoms with Gasteiger partial charge in [0.25, 0.3) is 0 Å². The van der Waals surface area contributed by atoms with Gasteiger partial charge in [-0.25, -0.2) is 0 Å². The predicted octanol–water partition coefficient (Wildman–Crippen LogP) is 2.73. The molecule has 0 bridgehead atoms. The van der Waals surface area contributed by atoms with Gasteiger partial charge in [0, 0.05) is 6.42 Å². The number of carbonyl (C=O) groups is 2. The molecule has 0 aromatic rings. The number of alkyl halides is 1. The molecule has 0 heterocycles. The summed E-state index contributed by atoms with van der Waals surface area (Å²) in [5.41, 5.74) is 0. The summed E-state index contributed by atoms with van der Waals surface area (Å²) in [6.45, 7) is 7.47. The Hall–Kier alpha value is -0.180. The molecule has 2 nitrogen and oxygen atoms in total. The maximum atomic E-state index is 11.4. The van der Waals surface area contributed by atoms with Crippen molar-refractivity contribution in [3.05, 3.63) is 0 Å². The number of hydrogen-bond acceptors (Lipinski definition) is 2. The van der Waals surface area contributed by atoms with Crippen molar-refractivity contribution in [3.63, 3.8) is 0 Å². The first kappa shape index (κ1) is 12.8. The molecule has 0 aliphatic carbocycles. The van der Waals surface area contributed by atoms with Crippen molar-refractivity contribution in [1.29, 1.82) is 0 Å². The van der Waals surface area contributed by atoms with Gasteiger partial charge in [0.15, 0.2) is 5.78 Å². The quantitative estimate of drug-likeness (QED) is 0.554. The lowest BCUT2D eigenvalue weighted by Gasteiger charge is -2.13. The van der Waals surface area contributed by atoms with E-state index in [2.05, 4.69) is 15.9 Å². The minimum absolute atomic E-state index is 0.0347. The van der Waals surface area contributed by atoms with Gasteiger partial charge in [0.2, 0.25) is 0 Å². The van der Waals surface area contributed by atoms with E-state index in [1.807, 2.05) is 13.8 Å². The Morgan fingerprint density at radius 1 is 1.31 bits per heavy atom. The van der Waals surface area contributed by atoms with E-state index in [4.69, 9.17) is 0 Å². The summed E-state index contributed by atoms with van der Waals surface area (Å²) in [4.78, 5) is 22.7. The van der Waals surface area contributed by atoms with Crippen LogP contribution in [0.3, 0.4) is 0 Å². The van der Waals surface area contributed by atoms with E-state index >= 15 is 0 Å². The normalized spacial score (nSPS) is 11.8. The van der Waals surface area contributed by atoms with Gasteiger partial charge >= 0.3 is 0 Å². The molecule has 3 heteroatoms. The van der Waals surface area contributed by atoms with Crippen LogP contribution in [0.4, 0.5) is 0 Å². The molecule has 0 rings (SSSR count). The number of hydrogen-bond donors (Lipinski definition) is 0. The third-order valence-corrected chi connectivity index (χ3v) is 2.10. The molecule has 0 N–H and O–H groups in total. The van der Waals surface area contributed by atoms with E-state index in [1.54, 1.807) is 13.8 Å². The van der Waals surface area contributed by atoms with Crippen LogP contribution in [0.1, 0.15) is 40.5 Å². The van der Waals surface area contributed by atoms with Crippen LogP contribution in [-0.4, -0.2) is 15.9 Å². The second-order valence-electron chi connectivity index (χ2n) is 4.21. The van der Waals surface area contributed by atoms with Crippen molar-refractivity contribution in [3.8, 4) is 0 Å². The number of Topliss-reactive ketones (excluding diaryl/α,β-unsaturated/α-hetero) is 2. The Labute approximate surface area is 88.2 Å². The summed E-state index contributed by atoms with van der Waals surface area (Å²) in [5, 5.41) is 0. The summed E-state index contributed by atoms with van der Waals surface area (Å²) < 4.78 is -0.570. The summed E-state index contributed by atoms with van der Waals surface area (Å²) in [7, 11) is 0. The maximum absolute atomic E-state index is 11.4. The molecular formula is C10H17BrO2. The number of carbonyl (C=O) groups excluding carboxylic acids is 2. The molecule has 76 valence electrons. The van der Waals surface area contributed by atoms with E-state index in [0.717, 1.165) is 0 Å². The van der Waals surface area contributed by atoms with Crippen LogP contribution in [0, 0.1) is 5.92 Å². The molecule has 0 aliphatic rings. The van der Waals surface area contributed by atoms with Crippen LogP contribution in [-0.2, 0) is 9.59 Å². The highest BCUT2D eigenvalue weighted by atomic mass is 79.9. The Kier molecular flexibility index (Phi) is 4.82. The van der Waals surface area contributed by atoms with Gasteiger partial charge in [0.05, 0.1) is 10.7 Å². The average Bonchev–Trinajstić information content (AvgIpc) is 1.82. The van der Waals surface area contributed by atoms with Crippen LogP contribution < -0.4 is 0 Å². The molecule has 0 saturated heterocycles. The summed E-state index contributed by atoms with van der Waals surface area (Å²) in [6.07, 6.45) is 0.547. The van der Waals surface area contributed by atoms with E-state index < -0.39 is 4.32 Å². The number of halogens is 1. The monoisotopic (exact) mass is 248 g/mol. The fourth-order valence-electron chi connectivity index (χ4n) is 0.917. The van der Waals surface area contributed by atoms with Gasteiger partial charge in [-0.2, -0.15) is 0 Å². The number of rotatable bonds is 5. The zero-order chi connectivity index (χ0) is 10.6. The van der Waals surface area contributed by atoms with Crippen LogP contribution in [0.2, 0.25) is 0 Å². The smallest absolute Gasteiger partial charge is 0.156 e. The van der Waals surface area contributed by atoms with Crippen molar-refractivity contribution >= 4 is 27.5 Å². The van der Waals surface area contributed by atoms with Crippen molar-refractivity contribution in [2.24, 2.45) is 5.92 Å². The standard InChI is InChI=1S/C10H17BrO2/c1-7(2)5-8(12)6-9(13)10(3,4)11/h7H,5-6H2,1-4H3. The fourth-order valence-corrected chi connectivity index (χ4v) is 1.06. The zero-order valence-corrected chi connectivity index (χ0v) is 10.3. The first-order chi connectivity index (χ1) is 5.73. The topological polar surface area (TPSA) is 34.1 Å². The largest absolute Gasteiger partial charge is 0.299 e. The van der Waals surface area contributed by atoms with Gasteiger partial charge in [0.1, 0.15) is 5.78 Å². The molecule has 0 atom stereocenters. The molecule has 0 aromatic heterocycles. The van der Waals surface area contributed by atoms with Crippen LogP contribution >= 0.6 is 15.9 Å². The lowest BCUT2D eigenvalue weighted by molar-refractivity contribution is -0.128. The predicted molar refractivity (Wildman–Crippen MR) is 57.1 cm³/mol. The van der Waals surface area contributed by atoms with Gasteiger partial charge in [-0.15, -0.1) is 0 Å². The van der Waals surface area contributed by atoms with Crippen LogP contribution in [0.5, 0.6) is 0 Å². The van der Waals surface area contributed by atoms with Gasteiger partial charge in [-0.3, -0.25) is 9.59 Å². The van der Waals surface area contributed by atoms with Gasteiger partial charge < -0.3 is 0 Å². The molecule has 0 aliphatic heterocycles. The van der Waals surface area contributed by atoms with E-state index in [9.17, 15) is 9.59 Å². The molecule has 13 heavy (non-hydrogen) atoms. The van der Waals surface area contributed by atoms with Gasteiger partial charge in [-0.1, -0.05) is 29.8 Å². The Bertz CT molecular complexity index is 201. The van der Waals surface area contributed by atoms with Crippen molar-refractivity contribution in [2.75, 3.05) is 0 Å². The Balaban J connectivity index is 4.01.